The average Bonchev–Trinajstić information content (AvgIpc) is 2.39. The zero-order valence-electron chi connectivity index (χ0n) is 11.2. The van der Waals surface area contributed by atoms with Gasteiger partial charge >= 0.3 is 0 Å². The molecule has 0 bridgehead atoms. The van der Waals surface area contributed by atoms with Gasteiger partial charge in [-0.1, -0.05) is 30.3 Å². The Morgan fingerprint density at radius 3 is 2.59 bits per heavy atom. The molecule has 2 nitrogen and oxygen atoms in total. The molecule has 1 aliphatic heterocycles. The monoisotopic (exact) mass is 232 g/mol. The van der Waals surface area contributed by atoms with Crippen LogP contribution in [0.2, 0.25) is 0 Å². The van der Waals surface area contributed by atoms with E-state index in [9.17, 15) is 0 Å². The Morgan fingerprint density at radius 2 is 2.00 bits per heavy atom. The summed E-state index contributed by atoms with van der Waals surface area (Å²) in [6.45, 7) is 5.87. The van der Waals surface area contributed by atoms with Gasteiger partial charge in [0, 0.05) is 24.7 Å². The molecular weight excluding hydrogens is 208 g/mol. The Morgan fingerprint density at radius 1 is 1.29 bits per heavy atom. The normalized spacial score (nSPS) is 27.9. The lowest BCUT2D eigenvalue weighted by molar-refractivity contribution is 0.0974. The molecule has 0 saturated carbocycles. The molecule has 94 valence electrons. The molecule has 1 aliphatic rings. The van der Waals surface area contributed by atoms with Crippen LogP contribution in [0.4, 0.5) is 0 Å². The first-order chi connectivity index (χ1) is 8.22. The van der Waals surface area contributed by atoms with Crippen LogP contribution in [0.3, 0.4) is 0 Å². The maximum atomic E-state index is 3.41. The average molecular weight is 232 g/mol. The largest absolute Gasteiger partial charge is 0.317 e. The highest BCUT2D eigenvalue weighted by Crippen LogP contribution is 2.27. The third kappa shape index (κ3) is 2.88. The van der Waals surface area contributed by atoms with E-state index in [1.165, 1.54) is 24.9 Å². The molecule has 1 saturated heterocycles. The van der Waals surface area contributed by atoms with Gasteiger partial charge in [0.1, 0.15) is 0 Å². The quantitative estimate of drug-likeness (QED) is 0.862. The van der Waals surface area contributed by atoms with E-state index in [0.717, 1.165) is 0 Å². The van der Waals surface area contributed by atoms with Crippen LogP contribution in [0.5, 0.6) is 0 Å². The second-order valence-electron chi connectivity index (χ2n) is 5.18. The molecule has 2 rings (SSSR count). The van der Waals surface area contributed by atoms with E-state index in [0.29, 0.717) is 18.1 Å². The van der Waals surface area contributed by atoms with Crippen LogP contribution in [0, 0.1) is 0 Å². The summed E-state index contributed by atoms with van der Waals surface area (Å²) in [5, 5.41) is 3.41. The number of likely N-dealkylation sites (tertiary alicyclic amines) is 1. The van der Waals surface area contributed by atoms with Crippen molar-refractivity contribution in [3.63, 3.8) is 0 Å². The maximum Gasteiger partial charge on any atom is 0.0322 e. The highest BCUT2D eigenvalue weighted by atomic mass is 15.2. The second kappa shape index (κ2) is 5.65. The minimum atomic E-state index is 0.531. The summed E-state index contributed by atoms with van der Waals surface area (Å²) in [7, 11) is 2.08. The molecule has 2 heteroatoms. The Balaban J connectivity index is 2.03. The van der Waals surface area contributed by atoms with E-state index >= 15 is 0 Å². The molecule has 0 spiro atoms. The first-order valence-electron chi connectivity index (χ1n) is 6.70. The molecule has 0 aromatic heterocycles. The van der Waals surface area contributed by atoms with Crippen molar-refractivity contribution >= 4 is 0 Å². The minimum Gasteiger partial charge on any atom is -0.317 e. The van der Waals surface area contributed by atoms with Crippen molar-refractivity contribution in [3.05, 3.63) is 35.9 Å². The Labute approximate surface area is 105 Å². The van der Waals surface area contributed by atoms with Crippen molar-refractivity contribution in [2.75, 3.05) is 13.6 Å². The number of benzene rings is 1. The van der Waals surface area contributed by atoms with Gasteiger partial charge in [-0.15, -0.1) is 0 Å². The Kier molecular flexibility index (Phi) is 4.19. The smallest absolute Gasteiger partial charge is 0.0322 e. The summed E-state index contributed by atoms with van der Waals surface area (Å²) < 4.78 is 0. The minimum absolute atomic E-state index is 0.531. The third-order valence-corrected chi connectivity index (χ3v) is 4.12. The lowest BCUT2D eigenvalue weighted by atomic mass is 9.95. The maximum absolute atomic E-state index is 3.41. The summed E-state index contributed by atoms with van der Waals surface area (Å²) in [4.78, 5) is 2.63. The molecule has 1 heterocycles. The van der Waals surface area contributed by atoms with Crippen LogP contribution in [0.15, 0.2) is 30.3 Å². The number of nitrogens with zero attached hydrogens (tertiary/aromatic N) is 1. The molecule has 1 fully saturated rings. The van der Waals surface area contributed by atoms with Crippen LogP contribution in [0.25, 0.3) is 0 Å². The van der Waals surface area contributed by atoms with Gasteiger partial charge in [0.15, 0.2) is 0 Å². The summed E-state index contributed by atoms with van der Waals surface area (Å²) in [5.74, 6) is 0. The molecule has 3 unspecified atom stereocenters. The van der Waals surface area contributed by atoms with Crippen molar-refractivity contribution in [3.8, 4) is 0 Å². The van der Waals surface area contributed by atoms with Crippen molar-refractivity contribution in [2.45, 2.75) is 44.8 Å². The highest BCUT2D eigenvalue weighted by Gasteiger charge is 2.28. The molecule has 3 atom stereocenters. The Hall–Kier alpha value is -0.860. The van der Waals surface area contributed by atoms with Crippen LogP contribution in [0.1, 0.15) is 38.3 Å². The molecule has 17 heavy (non-hydrogen) atoms. The van der Waals surface area contributed by atoms with Crippen LogP contribution in [-0.2, 0) is 0 Å². The molecule has 0 amide bonds. The van der Waals surface area contributed by atoms with Crippen molar-refractivity contribution in [1.29, 1.82) is 0 Å². The van der Waals surface area contributed by atoms with Crippen molar-refractivity contribution < 1.29 is 0 Å². The lowest BCUT2D eigenvalue weighted by Gasteiger charge is -2.41. The summed E-state index contributed by atoms with van der Waals surface area (Å²) in [6.07, 6.45) is 2.52. The van der Waals surface area contributed by atoms with E-state index < -0.39 is 0 Å². The SMILES string of the molecule is CNC1CCN(C(C)c2ccccc2)C(C)C1. The van der Waals surface area contributed by atoms with E-state index in [1.54, 1.807) is 0 Å². The molecular formula is C15H24N2. The van der Waals surface area contributed by atoms with E-state index in [1.807, 2.05) is 0 Å². The van der Waals surface area contributed by atoms with Crippen LogP contribution >= 0.6 is 0 Å². The van der Waals surface area contributed by atoms with Gasteiger partial charge in [-0.2, -0.15) is 0 Å². The lowest BCUT2D eigenvalue weighted by Crippen LogP contribution is -2.47. The summed E-state index contributed by atoms with van der Waals surface area (Å²) in [6, 6.07) is 12.7. The van der Waals surface area contributed by atoms with Crippen LogP contribution in [-0.4, -0.2) is 30.6 Å². The number of hydrogen-bond donors (Lipinski definition) is 1. The predicted octanol–water partition coefficient (Wildman–Crippen LogP) is 2.82. The number of piperidine rings is 1. The van der Waals surface area contributed by atoms with Gasteiger partial charge in [0.05, 0.1) is 0 Å². The fourth-order valence-electron chi connectivity index (χ4n) is 2.95. The molecule has 0 radical (unpaired) electrons. The standard InChI is InChI=1S/C15H24N2/c1-12-11-15(16-3)9-10-17(12)13(2)14-7-5-4-6-8-14/h4-8,12-13,15-16H,9-11H2,1-3H3. The van der Waals surface area contributed by atoms with Gasteiger partial charge in [-0.25, -0.2) is 0 Å². The highest BCUT2D eigenvalue weighted by molar-refractivity contribution is 5.18. The van der Waals surface area contributed by atoms with Crippen LogP contribution < -0.4 is 5.32 Å². The zero-order chi connectivity index (χ0) is 12.3. The molecule has 1 N–H and O–H groups in total. The van der Waals surface area contributed by atoms with Gasteiger partial charge in [-0.05, 0) is 39.3 Å². The van der Waals surface area contributed by atoms with Gasteiger partial charge in [0.2, 0.25) is 0 Å². The first kappa shape index (κ1) is 12.6. The van der Waals surface area contributed by atoms with Crippen molar-refractivity contribution in [1.82, 2.24) is 10.2 Å². The fourth-order valence-corrected chi connectivity index (χ4v) is 2.95. The van der Waals surface area contributed by atoms with E-state index in [2.05, 4.69) is 61.4 Å². The predicted molar refractivity (Wildman–Crippen MR) is 73.1 cm³/mol. The van der Waals surface area contributed by atoms with Crippen molar-refractivity contribution in [2.24, 2.45) is 0 Å². The topological polar surface area (TPSA) is 15.3 Å². The second-order valence-corrected chi connectivity index (χ2v) is 5.18. The molecule has 0 aliphatic carbocycles. The summed E-state index contributed by atoms with van der Waals surface area (Å²) >= 11 is 0. The van der Waals surface area contributed by atoms with Gasteiger partial charge < -0.3 is 5.32 Å². The first-order valence-corrected chi connectivity index (χ1v) is 6.70. The number of nitrogens with one attached hydrogen (secondary N) is 1. The number of hydrogen-bond acceptors (Lipinski definition) is 2. The molecule has 1 aromatic carbocycles. The van der Waals surface area contributed by atoms with E-state index in [-0.39, 0.29) is 0 Å². The zero-order valence-corrected chi connectivity index (χ0v) is 11.2. The molecule has 1 aromatic rings. The van der Waals surface area contributed by atoms with Gasteiger partial charge in [0.25, 0.3) is 0 Å². The number of rotatable bonds is 3. The third-order valence-electron chi connectivity index (χ3n) is 4.12. The van der Waals surface area contributed by atoms with E-state index in [4.69, 9.17) is 0 Å². The Bertz CT molecular complexity index is 336. The van der Waals surface area contributed by atoms with Gasteiger partial charge in [-0.3, -0.25) is 4.90 Å². The fraction of sp³-hybridized carbons (Fsp3) is 0.600. The summed E-state index contributed by atoms with van der Waals surface area (Å²) in [5.41, 5.74) is 1.43.